The van der Waals surface area contributed by atoms with Gasteiger partial charge in [0.1, 0.15) is 0 Å². The van der Waals surface area contributed by atoms with E-state index in [1.54, 1.807) is 0 Å². The van der Waals surface area contributed by atoms with Crippen LogP contribution in [-0.2, 0) is 10.0 Å². The van der Waals surface area contributed by atoms with E-state index in [2.05, 4.69) is 14.6 Å². The molecule has 0 aliphatic carbocycles. The van der Waals surface area contributed by atoms with Crippen LogP contribution in [0.15, 0.2) is 23.4 Å². The Hall–Kier alpha value is -1.05. The predicted molar refractivity (Wildman–Crippen MR) is 74.3 cm³/mol. The fourth-order valence-electron chi connectivity index (χ4n) is 2.36. The molecule has 0 bridgehead atoms. The molecule has 1 N–H and O–H groups in total. The normalized spacial score (nSPS) is 18.9. The largest absolute Gasteiger partial charge is 0.299 e. The molecule has 0 saturated carbocycles. The van der Waals surface area contributed by atoms with Gasteiger partial charge in [-0.2, -0.15) is 0 Å². The molecule has 1 atom stereocenters. The topological polar surface area (TPSA) is 62.3 Å². The molecule has 0 aromatic carbocycles. The molecule has 1 saturated heterocycles. The molecule has 2 heterocycles. The molecule has 2 rings (SSSR count). The summed E-state index contributed by atoms with van der Waals surface area (Å²) in [4.78, 5) is 5.85. The molecule has 1 aromatic rings. The van der Waals surface area contributed by atoms with Crippen molar-refractivity contribution < 1.29 is 12.8 Å². The van der Waals surface area contributed by atoms with Gasteiger partial charge in [0.05, 0.1) is 0 Å². The Labute approximate surface area is 119 Å². The molecular formula is C13H20FN3O2S. The lowest BCUT2D eigenvalue weighted by Gasteiger charge is -2.32. The minimum absolute atomic E-state index is 0.0943. The number of halogens is 1. The number of likely N-dealkylation sites (tertiary alicyclic amines) is 1. The third-order valence-corrected chi connectivity index (χ3v) is 4.92. The first-order valence-corrected chi connectivity index (χ1v) is 8.33. The van der Waals surface area contributed by atoms with Crippen molar-refractivity contribution in [1.82, 2.24) is 14.6 Å². The summed E-state index contributed by atoms with van der Waals surface area (Å²) in [6.45, 7) is 4.21. The number of nitrogens with one attached hydrogen (secondary N) is 1. The number of nitrogens with zero attached hydrogens (tertiary/aromatic N) is 2. The zero-order chi connectivity index (χ0) is 14.6. The summed E-state index contributed by atoms with van der Waals surface area (Å²) in [5.41, 5.74) is 0. The van der Waals surface area contributed by atoms with Gasteiger partial charge >= 0.3 is 0 Å². The van der Waals surface area contributed by atoms with Crippen molar-refractivity contribution in [1.29, 1.82) is 0 Å². The molecule has 0 amide bonds. The van der Waals surface area contributed by atoms with Crippen LogP contribution < -0.4 is 4.72 Å². The second-order valence-electron chi connectivity index (χ2n) is 5.09. The van der Waals surface area contributed by atoms with E-state index in [9.17, 15) is 12.8 Å². The number of pyridine rings is 1. The first-order valence-electron chi connectivity index (χ1n) is 6.85. The van der Waals surface area contributed by atoms with Gasteiger partial charge in [-0.3, -0.25) is 4.90 Å². The fraction of sp³-hybridized carbons (Fsp3) is 0.615. The van der Waals surface area contributed by atoms with E-state index in [-0.39, 0.29) is 12.6 Å². The van der Waals surface area contributed by atoms with Crippen molar-refractivity contribution in [3.05, 3.63) is 24.1 Å². The highest BCUT2D eigenvalue weighted by Crippen LogP contribution is 2.13. The van der Waals surface area contributed by atoms with Gasteiger partial charge in [-0.1, -0.05) is 6.42 Å². The number of piperidine rings is 1. The van der Waals surface area contributed by atoms with Crippen molar-refractivity contribution in [3.8, 4) is 0 Å². The van der Waals surface area contributed by atoms with Gasteiger partial charge < -0.3 is 0 Å². The van der Waals surface area contributed by atoms with Crippen LogP contribution in [0.1, 0.15) is 26.2 Å². The highest BCUT2D eigenvalue weighted by atomic mass is 32.2. The van der Waals surface area contributed by atoms with Crippen LogP contribution in [0.25, 0.3) is 0 Å². The molecule has 1 aliphatic rings. The second-order valence-corrected chi connectivity index (χ2v) is 6.77. The third-order valence-electron chi connectivity index (χ3n) is 3.56. The lowest BCUT2D eigenvalue weighted by atomic mass is 10.1. The summed E-state index contributed by atoms with van der Waals surface area (Å²) in [7, 11) is -3.89. The fourth-order valence-corrected chi connectivity index (χ4v) is 3.48. The highest BCUT2D eigenvalue weighted by molar-refractivity contribution is 7.89. The predicted octanol–water partition coefficient (Wildman–Crippen LogP) is 1.37. The van der Waals surface area contributed by atoms with Crippen LogP contribution in [0.4, 0.5) is 4.39 Å². The molecule has 1 unspecified atom stereocenters. The van der Waals surface area contributed by atoms with Crippen LogP contribution in [0, 0.1) is 5.82 Å². The Morgan fingerprint density at radius 2 is 2.10 bits per heavy atom. The smallest absolute Gasteiger partial charge is 0.261 e. The molecule has 5 nitrogen and oxygen atoms in total. The monoisotopic (exact) mass is 301 g/mol. The van der Waals surface area contributed by atoms with Gasteiger partial charge in [-0.25, -0.2) is 22.5 Å². The Balaban J connectivity index is 1.97. The van der Waals surface area contributed by atoms with E-state index in [4.69, 9.17) is 0 Å². The maximum absolute atomic E-state index is 13.5. The standard InChI is InChI=1S/C13H20FN3O2S/c1-11(17-8-3-2-4-9-17)10-16-20(18,19)13-12(14)6-5-7-15-13/h5-7,11,16H,2-4,8-10H2,1H3. The summed E-state index contributed by atoms with van der Waals surface area (Å²) >= 11 is 0. The van der Waals surface area contributed by atoms with Crippen molar-refractivity contribution in [2.75, 3.05) is 19.6 Å². The lowest BCUT2D eigenvalue weighted by molar-refractivity contribution is 0.175. The van der Waals surface area contributed by atoms with Crippen LogP contribution in [0.2, 0.25) is 0 Å². The molecular weight excluding hydrogens is 281 g/mol. The molecule has 20 heavy (non-hydrogen) atoms. The lowest BCUT2D eigenvalue weighted by Crippen LogP contribution is -2.44. The van der Waals surface area contributed by atoms with Gasteiger partial charge in [-0.05, 0) is 45.0 Å². The highest BCUT2D eigenvalue weighted by Gasteiger charge is 2.23. The van der Waals surface area contributed by atoms with Crippen LogP contribution in [0.3, 0.4) is 0 Å². The van der Waals surface area contributed by atoms with Crippen molar-refractivity contribution in [2.45, 2.75) is 37.3 Å². The zero-order valence-electron chi connectivity index (χ0n) is 11.5. The number of rotatable bonds is 5. The van der Waals surface area contributed by atoms with Crippen LogP contribution in [0.5, 0.6) is 0 Å². The Morgan fingerprint density at radius 1 is 1.40 bits per heavy atom. The molecule has 0 spiro atoms. The average Bonchev–Trinajstić information content (AvgIpc) is 2.46. The summed E-state index contributed by atoms with van der Waals surface area (Å²) < 4.78 is 39.9. The molecule has 1 fully saturated rings. The van der Waals surface area contributed by atoms with E-state index in [0.29, 0.717) is 0 Å². The number of hydrogen-bond acceptors (Lipinski definition) is 4. The molecule has 1 aromatic heterocycles. The van der Waals surface area contributed by atoms with Gasteiger partial charge in [-0.15, -0.1) is 0 Å². The minimum Gasteiger partial charge on any atom is -0.299 e. The zero-order valence-corrected chi connectivity index (χ0v) is 12.4. The molecule has 1 aliphatic heterocycles. The maximum Gasteiger partial charge on any atom is 0.261 e. The number of hydrogen-bond donors (Lipinski definition) is 1. The van der Waals surface area contributed by atoms with E-state index in [1.807, 2.05) is 6.92 Å². The SMILES string of the molecule is CC(CNS(=O)(=O)c1ncccc1F)N1CCCCC1. The van der Waals surface area contributed by atoms with Crippen molar-refractivity contribution in [2.24, 2.45) is 0 Å². The summed E-state index contributed by atoms with van der Waals surface area (Å²) in [6, 6.07) is 2.55. The van der Waals surface area contributed by atoms with Crippen molar-refractivity contribution in [3.63, 3.8) is 0 Å². The summed E-state index contributed by atoms with van der Waals surface area (Å²) in [6.07, 6.45) is 4.79. The van der Waals surface area contributed by atoms with E-state index in [1.165, 1.54) is 18.7 Å². The quantitative estimate of drug-likeness (QED) is 0.892. The first kappa shape index (κ1) is 15.3. The molecule has 0 radical (unpaired) electrons. The minimum atomic E-state index is -3.89. The molecule has 112 valence electrons. The van der Waals surface area contributed by atoms with Gasteiger partial charge in [0, 0.05) is 18.8 Å². The van der Waals surface area contributed by atoms with Crippen molar-refractivity contribution >= 4 is 10.0 Å². The Kier molecular flexibility index (Phi) is 5.06. The Morgan fingerprint density at radius 3 is 2.75 bits per heavy atom. The number of aromatic nitrogens is 1. The number of sulfonamides is 1. The van der Waals surface area contributed by atoms with E-state index in [0.717, 1.165) is 32.0 Å². The summed E-state index contributed by atoms with van der Waals surface area (Å²) in [5.74, 6) is -0.828. The van der Waals surface area contributed by atoms with Gasteiger partial charge in [0.15, 0.2) is 5.82 Å². The van der Waals surface area contributed by atoms with E-state index < -0.39 is 20.9 Å². The Bertz CT molecular complexity index is 544. The summed E-state index contributed by atoms with van der Waals surface area (Å²) in [5, 5.41) is -0.536. The maximum atomic E-state index is 13.5. The second kappa shape index (κ2) is 6.60. The molecule has 7 heteroatoms. The first-order chi connectivity index (χ1) is 9.50. The average molecular weight is 301 g/mol. The van der Waals surface area contributed by atoms with E-state index >= 15 is 0 Å². The van der Waals surface area contributed by atoms with Gasteiger partial charge in [0.25, 0.3) is 10.0 Å². The van der Waals surface area contributed by atoms with Gasteiger partial charge in [0.2, 0.25) is 5.03 Å². The third kappa shape index (κ3) is 3.74. The van der Waals surface area contributed by atoms with Crippen LogP contribution >= 0.6 is 0 Å². The van der Waals surface area contributed by atoms with Crippen LogP contribution in [-0.4, -0.2) is 44.0 Å².